The van der Waals surface area contributed by atoms with E-state index in [9.17, 15) is 0 Å². The summed E-state index contributed by atoms with van der Waals surface area (Å²) in [5, 5.41) is 1.34. The highest BCUT2D eigenvalue weighted by Crippen LogP contribution is 2.28. The molecular formula is C10H16N4S. The van der Waals surface area contributed by atoms with Gasteiger partial charge in [-0.25, -0.2) is 4.99 Å². The molecule has 15 heavy (non-hydrogen) atoms. The minimum absolute atomic E-state index is 0.463. The second-order valence-corrected chi connectivity index (χ2v) is 4.95. The normalized spacial score (nSPS) is 21.7. The minimum Gasteiger partial charge on any atom is -0.330 e. The summed E-state index contributed by atoms with van der Waals surface area (Å²) < 4.78 is 0. The maximum absolute atomic E-state index is 4.18. The quantitative estimate of drug-likeness (QED) is 0.688. The minimum atomic E-state index is 0.463. The van der Waals surface area contributed by atoms with Crippen molar-refractivity contribution in [2.24, 2.45) is 15.0 Å². The molecule has 0 aromatic heterocycles. The number of aliphatic imine (C=N–C) groups is 3. The predicted molar refractivity (Wildman–Crippen MR) is 68.9 cm³/mol. The molecule has 5 heteroatoms. The number of likely N-dealkylation sites (N-methyl/N-ethyl adjacent to an activating group) is 1. The van der Waals surface area contributed by atoms with E-state index >= 15 is 0 Å². The number of hydrogen-bond donors (Lipinski definition) is 0. The molecule has 0 aromatic carbocycles. The maximum atomic E-state index is 4.18. The highest BCUT2D eigenvalue weighted by molar-refractivity contribution is 8.03. The molecule has 1 aliphatic heterocycles. The Bertz CT molecular complexity index is 341. The molecule has 1 rings (SSSR count). The van der Waals surface area contributed by atoms with Crippen molar-refractivity contribution in [2.75, 3.05) is 14.1 Å². The van der Waals surface area contributed by atoms with Gasteiger partial charge in [-0.15, -0.1) is 11.8 Å². The lowest BCUT2D eigenvalue weighted by Crippen LogP contribution is -2.15. The Kier molecular flexibility index (Phi) is 4.08. The van der Waals surface area contributed by atoms with Crippen molar-refractivity contribution in [3.8, 4) is 0 Å². The zero-order valence-corrected chi connectivity index (χ0v) is 10.4. The molecule has 4 nitrogen and oxygen atoms in total. The number of hydrogen-bond acceptors (Lipinski definition) is 4. The Morgan fingerprint density at radius 1 is 1.60 bits per heavy atom. The topological polar surface area (TPSA) is 40.3 Å². The maximum Gasteiger partial charge on any atom is 0.175 e. The fourth-order valence-corrected chi connectivity index (χ4v) is 2.09. The summed E-state index contributed by atoms with van der Waals surface area (Å²) in [6, 6.07) is 0. The molecule has 1 aliphatic rings. The Morgan fingerprint density at radius 3 is 2.73 bits per heavy atom. The van der Waals surface area contributed by atoms with Crippen molar-refractivity contribution < 1.29 is 0 Å². The number of thioether (sulfide) groups is 1. The molecule has 0 fully saturated rings. The first-order chi connectivity index (χ1) is 7.10. The molecule has 0 saturated carbocycles. The molecule has 0 saturated heterocycles. The Hall–Kier alpha value is -1.10. The van der Waals surface area contributed by atoms with E-state index in [0.29, 0.717) is 11.1 Å². The number of rotatable bonds is 3. The summed E-state index contributed by atoms with van der Waals surface area (Å²) >= 11 is 1.67. The molecule has 0 unspecified atom stereocenters. The van der Waals surface area contributed by atoms with Crippen molar-refractivity contribution in [1.29, 1.82) is 0 Å². The number of amidine groups is 1. The van der Waals surface area contributed by atoms with E-state index in [1.165, 1.54) is 0 Å². The summed E-state index contributed by atoms with van der Waals surface area (Å²) in [5.41, 5.74) is 0.936. The first-order valence-electron chi connectivity index (χ1n) is 4.72. The summed E-state index contributed by atoms with van der Waals surface area (Å²) in [7, 11) is 3.66. The Labute approximate surface area is 94.9 Å². The van der Waals surface area contributed by atoms with E-state index in [-0.39, 0.29) is 0 Å². The van der Waals surface area contributed by atoms with Crippen LogP contribution in [-0.4, -0.2) is 43.1 Å². The van der Waals surface area contributed by atoms with E-state index in [0.717, 1.165) is 10.7 Å². The van der Waals surface area contributed by atoms with Gasteiger partial charge in [-0.05, 0) is 6.72 Å². The van der Waals surface area contributed by atoms with E-state index in [1.807, 2.05) is 11.9 Å². The summed E-state index contributed by atoms with van der Waals surface area (Å²) in [4.78, 5) is 14.3. The average Bonchev–Trinajstić information content (AvgIpc) is 2.56. The molecule has 0 atom stereocenters. The van der Waals surface area contributed by atoms with E-state index in [1.54, 1.807) is 25.1 Å². The Balaban J connectivity index is 3.08. The zero-order chi connectivity index (χ0) is 11.4. The smallest absolute Gasteiger partial charge is 0.175 e. The van der Waals surface area contributed by atoms with Crippen LogP contribution in [0.3, 0.4) is 0 Å². The monoisotopic (exact) mass is 224 g/mol. The summed E-state index contributed by atoms with van der Waals surface area (Å²) in [5.74, 6) is 0.716. The lowest BCUT2D eigenvalue weighted by Gasteiger charge is -2.14. The van der Waals surface area contributed by atoms with Crippen LogP contribution in [0.2, 0.25) is 0 Å². The second-order valence-electron chi connectivity index (χ2n) is 3.38. The van der Waals surface area contributed by atoms with Gasteiger partial charge in [0.2, 0.25) is 0 Å². The van der Waals surface area contributed by atoms with Gasteiger partial charge >= 0.3 is 0 Å². The van der Waals surface area contributed by atoms with Crippen molar-refractivity contribution in [3.05, 3.63) is 10.7 Å². The van der Waals surface area contributed by atoms with E-state index in [4.69, 9.17) is 0 Å². The zero-order valence-electron chi connectivity index (χ0n) is 9.56. The first-order valence-corrected chi connectivity index (χ1v) is 5.60. The fraction of sp³-hybridized carbons (Fsp3) is 0.500. The van der Waals surface area contributed by atoms with Crippen LogP contribution < -0.4 is 0 Å². The van der Waals surface area contributed by atoms with Crippen LogP contribution >= 0.6 is 11.8 Å². The van der Waals surface area contributed by atoms with Gasteiger partial charge < -0.3 is 4.90 Å². The van der Waals surface area contributed by atoms with Crippen molar-refractivity contribution in [3.63, 3.8) is 0 Å². The van der Waals surface area contributed by atoms with Crippen molar-refractivity contribution in [2.45, 2.75) is 19.1 Å². The molecule has 0 N–H and O–H groups in total. The first kappa shape index (κ1) is 12.0. The largest absolute Gasteiger partial charge is 0.330 e. The SMILES string of the molecule is C=N/C(SC(C)C)=C1\C(=N/C)N=CN1C. The van der Waals surface area contributed by atoms with Crippen molar-refractivity contribution in [1.82, 2.24) is 4.90 Å². The van der Waals surface area contributed by atoms with Crippen LogP contribution in [0.15, 0.2) is 25.7 Å². The lowest BCUT2D eigenvalue weighted by molar-refractivity contribution is 0.691. The molecule has 0 aliphatic carbocycles. The van der Waals surface area contributed by atoms with Crippen molar-refractivity contribution >= 4 is 30.7 Å². The fourth-order valence-electron chi connectivity index (χ4n) is 1.22. The highest BCUT2D eigenvalue weighted by atomic mass is 32.2. The van der Waals surface area contributed by atoms with Crippen LogP contribution in [0.5, 0.6) is 0 Å². The highest BCUT2D eigenvalue weighted by Gasteiger charge is 2.21. The van der Waals surface area contributed by atoms with Crippen LogP contribution in [0.1, 0.15) is 13.8 Å². The van der Waals surface area contributed by atoms with Crippen LogP contribution in [0.25, 0.3) is 0 Å². The van der Waals surface area contributed by atoms with Crippen LogP contribution in [0, 0.1) is 0 Å². The van der Waals surface area contributed by atoms with Gasteiger partial charge in [0.15, 0.2) is 5.84 Å². The van der Waals surface area contributed by atoms with Gasteiger partial charge in [0.25, 0.3) is 0 Å². The molecule has 0 bridgehead atoms. The van der Waals surface area contributed by atoms with E-state index in [2.05, 4.69) is 35.5 Å². The third-order valence-corrected chi connectivity index (χ3v) is 2.84. The van der Waals surface area contributed by atoms with Gasteiger partial charge in [-0.2, -0.15) is 0 Å². The summed E-state index contributed by atoms with van der Waals surface area (Å²) in [6.45, 7) is 7.84. The molecule has 0 radical (unpaired) electrons. The Morgan fingerprint density at radius 2 is 2.27 bits per heavy atom. The molecule has 82 valence electrons. The van der Waals surface area contributed by atoms with Gasteiger partial charge in [0.05, 0.1) is 6.34 Å². The van der Waals surface area contributed by atoms with Gasteiger partial charge in [-0.3, -0.25) is 9.98 Å². The number of nitrogens with zero attached hydrogens (tertiary/aromatic N) is 4. The van der Waals surface area contributed by atoms with Crippen LogP contribution in [-0.2, 0) is 0 Å². The van der Waals surface area contributed by atoms with Gasteiger partial charge in [0, 0.05) is 19.3 Å². The second kappa shape index (κ2) is 5.11. The molecular weight excluding hydrogens is 208 g/mol. The van der Waals surface area contributed by atoms with Gasteiger partial charge in [-0.1, -0.05) is 13.8 Å². The molecule has 0 amide bonds. The molecule has 0 aromatic rings. The molecule has 0 spiro atoms. The molecule has 1 heterocycles. The van der Waals surface area contributed by atoms with Gasteiger partial charge in [0.1, 0.15) is 10.7 Å². The lowest BCUT2D eigenvalue weighted by atomic mass is 10.4. The van der Waals surface area contributed by atoms with Crippen LogP contribution in [0.4, 0.5) is 0 Å². The third-order valence-electron chi connectivity index (χ3n) is 1.82. The van der Waals surface area contributed by atoms with E-state index < -0.39 is 0 Å². The standard InChI is InChI=1S/C10H16N4S/c1-7(2)15-10(12-4)8-9(11-3)13-6-14(8)5/h6-7H,4H2,1-3,5H3/b10-8-,11-9+. The average molecular weight is 224 g/mol. The summed E-state index contributed by atoms with van der Waals surface area (Å²) in [6.07, 6.45) is 1.74. The third kappa shape index (κ3) is 2.68. The predicted octanol–water partition coefficient (Wildman–Crippen LogP) is 2.00.